The molecule has 1 aliphatic carbocycles. The molecular formula is C14H22N4O2S. The number of fused-ring (bicyclic) bond motifs is 1. The average Bonchev–Trinajstić information content (AvgIpc) is 2.82. The van der Waals surface area contributed by atoms with Gasteiger partial charge >= 0.3 is 0 Å². The van der Waals surface area contributed by atoms with Gasteiger partial charge in [-0.1, -0.05) is 6.92 Å². The topological polar surface area (TPSA) is 87.1 Å². The van der Waals surface area contributed by atoms with Crippen molar-refractivity contribution in [2.24, 2.45) is 0 Å². The molecule has 1 atom stereocenters. The van der Waals surface area contributed by atoms with Crippen LogP contribution in [-0.4, -0.2) is 43.7 Å². The Balaban J connectivity index is 1.93. The predicted octanol–water partition coefficient (Wildman–Crippen LogP) is 1.29. The van der Waals surface area contributed by atoms with Gasteiger partial charge in [0.15, 0.2) is 0 Å². The summed E-state index contributed by atoms with van der Waals surface area (Å²) < 4.78 is 12.2. The second kappa shape index (κ2) is 5.88. The van der Waals surface area contributed by atoms with E-state index in [2.05, 4.69) is 27.5 Å². The smallest absolute Gasteiger partial charge is 0.224 e. The summed E-state index contributed by atoms with van der Waals surface area (Å²) in [6, 6.07) is 0. The minimum atomic E-state index is -1.03. The summed E-state index contributed by atoms with van der Waals surface area (Å²) in [5.41, 5.74) is 0.577. The molecule has 0 amide bonds. The highest BCUT2D eigenvalue weighted by atomic mass is 32.2. The van der Waals surface area contributed by atoms with E-state index in [9.17, 15) is 9.32 Å². The normalized spacial score (nSPS) is 22.5. The summed E-state index contributed by atoms with van der Waals surface area (Å²) in [4.78, 5) is 9.73. The summed E-state index contributed by atoms with van der Waals surface area (Å²) in [6.45, 7) is 2.98. The Bertz CT molecular complexity index is 555. The van der Waals surface area contributed by atoms with Crippen molar-refractivity contribution < 1.29 is 9.32 Å². The van der Waals surface area contributed by atoms with Crippen molar-refractivity contribution >= 4 is 22.6 Å². The molecule has 0 saturated heterocycles. The Labute approximate surface area is 127 Å². The second-order valence-electron chi connectivity index (χ2n) is 5.82. The molecule has 1 unspecified atom stereocenters. The number of hydrogen-bond acceptors (Lipinski definition) is 6. The highest BCUT2D eigenvalue weighted by molar-refractivity contribution is 7.85. The quantitative estimate of drug-likeness (QED) is 0.734. The minimum Gasteiger partial charge on any atom is -0.394 e. The molecule has 0 spiro atoms. The van der Waals surface area contributed by atoms with Crippen molar-refractivity contribution in [3.8, 4) is 0 Å². The van der Waals surface area contributed by atoms with Crippen LogP contribution in [-0.2, 0) is 17.2 Å². The molecule has 6 nitrogen and oxygen atoms in total. The number of rotatable bonds is 6. The molecule has 2 aliphatic rings. The molecule has 1 aromatic rings. The third-order valence-corrected chi connectivity index (χ3v) is 5.68. The van der Waals surface area contributed by atoms with Crippen molar-refractivity contribution in [2.75, 3.05) is 29.5 Å². The number of aliphatic hydroxyl groups is 1. The molecule has 2 heterocycles. The van der Waals surface area contributed by atoms with Crippen LogP contribution in [0.1, 0.15) is 38.3 Å². The first-order valence-corrected chi connectivity index (χ1v) is 8.91. The molecule has 1 fully saturated rings. The minimum absolute atomic E-state index is 0.0795. The summed E-state index contributed by atoms with van der Waals surface area (Å²) in [7, 11) is -1.03. The Morgan fingerprint density at radius 1 is 1.38 bits per heavy atom. The molecule has 0 bridgehead atoms. The number of anilines is 2. The Morgan fingerprint density at radius 2 is 2.19 bits per heavy atom. The van der Waals surface area contributed by atoms with Gasteiger partial charge in [-0.15, -0.1) is 0 Å². The molecular weight excluding hydrogens is 288 g/mol. The maximum atomic E-state index is 12.2. The third kappa shape index (κ3) is 2.76. The van der Waals surface area contributed by atoms with Gasteiger partial charge in [-0.25, -0.2) is 4.98 Å². The largest absolute Gasteiger partial charge is 0.394 e. The van der Waals surface area contributed by atoms with Gasteiger partial charge in [-0.05, 0) is 25.7 Å². The van der Waals surface area contributed by atoms with E-state index in [4.69, 9.17) is 0 Å². The van der Waals surface area contributed by atoms with Crippen LogP contribution < -0.4 is 10.6 Å². The molecule has 0 aromatic carbocycles. The van der Waals surface area contributed by atoms with E-state index in [1.165, 1.54) is 0 Å². The van der Waals surface area contributed by atoms with Crippen LogP contribution in [0.4, 0.5) is 11.8 Å². The van der Waals surface area contributed by atoms with E-state index in [-0.39, 0.29) is 12.1 Å². The van der Waals surface area contributed by atoms with Crippen LogP contribution in [0.3, 0.4) is 0 Å². The summed E-state index contributed by atoms with van der Waals surface area (Å²) >= 11 is 0. The van der Waals surface area contributed by atoms with Crippen LogP contribution in [0, 0.1) is 0 Å². The Morgan fingerprint density at radius 3 is 2.81 bits per heavy atom. The predicted molar refractivity (Wildman–Crippen MR) is 83.1 cm³/mol. The first-order valence-electron chi connectivity index (χ1n) is 7.59. The van der Waals surface area contributed by atoms with Gasteiger partial charge < -0.3 is 15.7 Å². The molecule has 116 valence electrons. The zero-order chi connectivity index (χ0) is 14.9. The number of nitrogens with one attached hydrogen (secondary N) is 2. The van der Waals surface area contributed by atoms with Crippen molar-refractivity contribution in [2.45, 2.75) is 49.5 Å². The maximum absolute atomic E-state index is 12.2. The van der Waals surface area contributed by atoms with Crippen molar-refractivity contribution in [1.82, 2.24) is 9.97 Å². The number of aryl methyl sites for hydroxylation is 1. The third-order valence-electron chi connectivity index (χ3n) is 4.22. The zero-order valence-corrected chi connectivity index (χ0v) is 13.1. The summed E-state index contributed by atoms with van der Waals surface area (Å²) in [6.07, 6.45) is 4.67. The highest BCUT2D eigenvalue weighted by Gasteiger charge is 2.38. The maximum Gasteiger partial charge on any atom is 0.224 e. The standard InChI is InChI=1S/C14H22N4O2S/c1-2-7-15-13-16-10-4-8-21(20)11(10)12(17-13)18-14(9-19)5-3-6-14/h19H,2-9H2,1H3,(H2,15,16,17,18). The van der Waals surface area contributed by atoms with E-state index in [0.29, 0.717) is 17.5 Å². The van der Waals surface area contributed by atoms with Crippen LogP contribution in [0.5, 0.6) is 0 Å². The first kappa shape index (κ1) is 14.7. The SMILES string of the molecule is CCCNc1nc2c(c(NC3(CO)CCC3)n1)S(=O)CC2. The first-order chi connectivity index (χ1) is 10.2. The lowest BCUT2D eigenvalue weighted by Gasteiger charge is -2.41. The number of hydrogen-bond donors (Lipinski definition) is 3. The lowest BCUT2D eigenvalue weighted by molar-refractivity contribution is 0.143. The summed E-state index contributed by atoms with van der Waals surface area (Å²) in [5.74, 6) is 1.84. The number of aromatic nitrogens is 2. The molecule has 3 rings (SSSR count). The molecule has 1 aromatic heterocycles. The van der Waals surface area contributed by atoms with Crippen molar-refractivity contribution in [3.63, 3.8) is 0 Å². The van der Waals surface area contributed by atoms with Gasteiger partial charge in [-0.3, -0.25) is 4.21 Å². The van der Waals surface area contributed by atoms with Crippen molar-refractivity contribution in [3.05, 3.63) is 5.69 Å². The van der Waals surface area contributed by atoms with Crippen LogP contribution in [0.2, 0.25) is 0 Å². The fourth-order valence-electron chi connectivity index (χ4n) is 2.77. The van der Waals surface area contributed by atoms with Gasteiger partial charge in [0.05, 0.1) is 28.6 Å². The monoisotopic (exact) mass is 310 g/mol. The second-order valence-corrected chi connectivity index (χ2v) is 7.32. The molecule has 21 heavy (non-hydrogen) atoms. The molecule has 0 radical (unpaired) electrons. The van der Waals surface area contributed by atoms with E-state index in [0.717, 1.165) is 49.2 Å². The number of nitrogens with zero attached hydrogens (tertiary/aromatic N) is 2. The van der Waals surface area contributed by atoms with Crippen LogP contribution in [0.15, 0.2) is 4.90 Å². The molecule has 7 heteroatoms. The Hall–Kier alpha value is -1.21. The number of aliphatic hydroxyl groups excluding tert-OH is 1. The molecule has 1 saturated carbocycles. The average molecular weight is 310 g/mol. The lowest BCUT2D eigenvalue weighted by Crippen LogP contribution is -2.48. The van der Waals surface area contributed by atoms with Gasteiger partial charge in [0, 0.05) is 18.7 Å². The van der Waals surface area contributed by atoms with Gasteiger partial charge in [0.1, 0.15) is 10.7 Å². The molecule has 3 N–H and O–H groups in total. The molecule has 1 aliphatic heterocycles. The Kier molecular flexibility index (Phi) is 4.12. The van der Waals surface area contributed by atoms with Crippen LogP contribution in [0.25, 0.3) is 0 Å². The van der Waals surface area contributed by atoms with E-state index in [1.807, 2.05) is 0 Å². The van der Waals surface area contributed by atoms with Crippen LogP contribution >= 0.6 is 0 Å². The van der Waals surface area contributed by atoms with Gasteiger partial charge in [0.2, 0.25) is 5.95 Å². The fraction of sp³-hybridized carbons (Fsp3) is 0.714. The van der Waals surface area contributed by atoms with Gasteiger partial charge in [0.25, 0.3) is 0 Å². The highest BCUT2D eigenvalue weighted by Crippen LogP contribution is 2.37. The van der Waals surface area contributed by atoms with E-state index >= 15 is 0 Å². The summed E-state index contributed by atoms with van der Waals surface area (Å²) in [5, 5.41) is 16.2. The van der Waals surface area contributed by atoms with E-state index < -0.39 is 10.8 Å². The fourth-order valence-corrected chi connectivity index (χ4v) is 4.08. The van der Waals surface area contributed by atoms with Crippen molar-refractivity contribution in [1.29, 1.82) is 0 Å². The lowest BCUT2D eigenvalue weighted by atomic mass is 9.77. The van der Waals surface area contributed by atoms with E-state index in [1.54, 1.807) is 0 Å². The van der Waals surface area contributed by atoms with Gasteiger partial charge in [-0.2, -0.15) is 4.98 Å². The zero-order valence-electron chi connectivity index (χ0n) is 12.3.